The standard InChI is InChI=1S/C17H19N/c1-5-13-11(2)17(3,4)14-8-6-7-12-9-10-18-16(13)15(12)14/h6-10H,5H2,1-4H3. The predicted molar refractivity (Wildman–Crippen MR) is 77.7 cm³/mol. The zero-order valence-electron chi connectivity index (χ0n) is 11.5. The van der Waals surface area contributed by atoms with Gasteiger partial charge in [0.1, 0.15) is 0 Å². The van der Waals surface area contributed by atoms with Gasteiger partial charge in [-0.1, -0.05) is 44.5 Å². The summed E-state index contributed by atoms with van der Waals surface area (Å²) in [5.74, 6) is 0. The summed E-state index contributed by atoms with van der Waals surface area (Å²) in [5, 5.41) is 2.66. The largest absolute Gasteiger partial charge is 0.256 e. The van der Waals surface area contributed by atoms with Gasteiger partial charge >= 0.3 is 0 Å². The lowest BCUT2D eigenvalue weighted by Gasteiger charge is -2.35. The molecular formula is C17H19N. The molecule has 0 bridgehead atoms. The number of nitrogens with zero attached hydrogens (tertiary/aromatic N) is 1. The highest BCUT2D eigenvalue weighted by molar-refractivity contribution is 5.98. The third-order valence-corrected chi connectivity index (χ3v) is 4.49. The van der Waals surface area contributed by atoms with Crippen molar-refractivity contribution < 1.29 is 0 Å². The van der Waals surface area contributed by atoms with Crippen LogP contribution in [0.25, 0.3) is 16.3 Å². The number of rotatable bonds is 1. The molecular weight excluding hydrogens is 218 g/mol. The van der Waals surface area contributed by atoms with E-state index in [1.165, 1.54) is 33.2 Å². The van der Waals surface area contributed by atoms with Gasteiger partial charge in [-0.25, -0.2) is 0 Å². The van der Waals surface area contributed by atoms with Crippen LogP contribution in [0.5, 0.6) is 0 Å². The average Bonchev–Trinajstić information content (AvgIpc) is 2.37. The molecule has 0 unspecified atom stereocenters. The highest BCUT2D eigenvalue weighted by Gasteiger charge is 2.32. The Morgan fingerprint density at radius 1 is 1.17 bits per heavy atom. The summed E-state index contributed by atoms with van der Waals surface area (Å²) < 4.78 is 0. The second kappa shape index (κ2) is 3.68. The van der Waals surface area contributed by atoms with Crippen molar-refractivity contribution in [3.63, 3.8) is 0 Å². The fourth-order valence-electron chi connectivity index (χ4n) is 3.17. The number of allylic oxidation sites excluding steroid dienone is 2. The third-order valence-electron chi connectivity index (χ3n) is 4.49. The molecule has 0 saturated carbocycles. The molecule has 18 heavy (non-hydrogen) atoms. The van der Waals surface area contributed by atoms with E-state index in [0.717, 1.165) is 6.42 Å². The van der Waals surface area contributed by atoms with Gasteiger partial charge in [0.15, 0.2) is 0 Å². The monoisotopic (exact) mass is 237 g/mol. The smallest absolute Gasteiger partial charge is 0.0742 e. The quantitative estimate of drug-likeness (QED) is 0.700. The Hall–Kier alpha value is -1.63. The van der Waals surface area contributed by atoms with E-state index in [1.54, 1.807) is 0 Å². The van der Waals surface area contributed by atoms with Crippen molar-refractivity contribution in [3.8, 4) is 0 Å². The minimum Gasteiger partial charge on any atom is -0.256 e. The highest BCUT2D eigenvalue weighted by Crippen LogP contribution is 2.46. The molecule has 0 radical (unpaired) electrons. The Morgan fingerprint density at radius 2 is 1.94 bits per heavy atom. The molecule has 0 N–H and O–H groups in total. The van der Waals surface area contributed by atoms with E-state index >= 15 is 0 Å². The van der Waals surface area contributed by atoms with Crippen LogP contribution >= 0.6 is 0 Å². The molecule has 1 heterocycles. The van der Waals surface area contributed by atoms with Gasteiger partial charge in [-0.05, 0) is 35.9 Å². The van der Waals surface area contributed by atoms with E-state index < -0.39 is 0 Å². The zero-order valence-corrected chi connectivity index (χ0v) is 11.5. The van der Waals surface area contributed by atoms with Crippen molar-refractivity contribution in [2.45, 2.75) is 39.5 Å². The molecule has 1 aromatic carbocycles. The van der Waals surface area contributed by atoms with Crippen molar-refractivity contribution in [3.05, 3.63) is 47.3 Å². The predicted octanol–water partition coefficient (Wildman–Crippen LogP) is 4.71. The molecule has 0 atom stereocenters. The van der Waals surface area contributed by atoms with Gasteiger partial charge in [0.25, 0.3) is 0 Å². The minimum absolute atomic E-state index is 0.112. The van der Waals surface area contributed by atoms with E-state index in [9.17, 15) is 0 Å². The van der Waals surface area contributed by atoms with Gasteiger partial charge < -0.3 is 0 Å². The van der Waals surface area contributed by atoms with Crippen molar-refractivity contribution in [1.29, 1.82) is 0 Å². The molecule has 1 aromatic heterocycles. The summed E-state index contributed by atoms with van der Waals surface area (Å²) in [4.78, 5) is 4.65. The Kier molecular flexibility index (Phi) is 2.34. The van der Waals surface area contributed by atoms with Crippen LogP contribution in [0.1, 0.15) is 45.4 Å². The van der Waals surface area contributed by atoms with E-state index in [0.29, 0.717) is 0 Å². The van der Waals surface area contributed by atoms with Gasteiger partial charge in [0.2, 0.25) is 0 Å². The van der Waals surface area contributed by atoms with Crippen LogP contribution in [0.4, 0.5) is 0 Å². The first-order valence-electron chi connectivity index (χ1n) is 6.66. The van der Waals surface area contributed by atoms with Crippen molar-refractivity contribution in [2.24, 2.45) is 0 Å². The van der Waals surface area contributed by atoms with Crippen LogP contribution in [-0.2, 0) is 5.41 Å². The van der Waals surface area contributed by atoms with Crippen LogP contribution in [0.15, 0.2) is 36.0 Å². The minimum atomic E-state index is 0.112. The highest BCUT2D eigenvalue weighted by atomic mass is 14.7. The molecule has 92 valence electrons. The molecule has 0 fully saturated rings. The lowest BCUT2D eigenvalue weighted by molar-refractivity contribution is 0.624. The molecule has 2 aromatic rings. The van der Waals surface area contributed by atoms with Gasteiger partial charge in [-0.3, -0.25) is 4.98 Å². The second-order valence-electron chi connectivity index (χ2n) is 5.65. The van der Waals surface area contributed by atoms with Crippen LogP contribution in [0.2, 0.25) is 0 Å². The number of hydrogen-bond acceptors (Lipinski definition) is 1. The van der Waals surface area contributed by atoms with Gasteiger partial charge in [0.05, 0.1) is 5.69 Å². The van der Waals surface area contributed by atoms with Gasteiger partial charge in [-0.15, -0.1) is 0 Å². The SMILES string of the molecule is CCC1=C(C)C(C)(C)c2cccc3ccnc1c23. The lowest BCUT2D eigenvalue weighted by Crippen LogP contribution is -2.24. The van der Waals surface area contributed by atoms with Gasteiger partial charge in [0, 0.05) is 17.0 Å². The number of hydrogen-bond donors (Lipinski definition) is 0. The molecule has 1 aliphatic rings. The van der Waals surface area contributed by atoms with Crippen LogP contribution in [0.3, 0.4) is 0 Å². The summed E-state index contributed by atoms with van der Waals surface area (Å²) >= 11 is 0. The maximum atomic E-state index is 4.65. The topological polar surface area (TPSA) is 12.9 Å². The molecule has 1 aliphatic carbocycles. The molecule has 1 heteroatoms. The Labute approximate surface area is 109 Å². The fraction of sp³-hybridized carbons (Fsp3) is 0.353. The Morgan fingerprint density at radius 3 is 2.67 bits per heavy atom. The molecule has 0 amide bonds. The second-order valence-corrected chi connectivity index (χ2v) is 5.65. The Balaban J connectivity index is 2.52. The van der Waals surface area contributed by atoms with Crippen molar-refractivity contribution in [2.75, 3.05) is 0 Å². The number of pyridine rings is 1. The van der Waals surface area contributed by atoms with Crippen LogP contribution in [-0.4, -0.2) is 4.98 Å². The molecule has 1 nitrogen and oxygen atoms in total. The third kappa shape index (κ3) is 1.30. The van der Waals surface area contributed by atoms with E-state index in [-0.39, 0.29) is 5.41 Å². The lowest BCUT2D eigenvalue weighted by atomic mass is 9.69. The first-order valence-corrected chi connectivity index (χ1v) is 6.66. The van der Waals surface area contributed by atoms with Crippen molar-refractivity contribution >= 4 is 16.3 Å². The number of aromatic nitrogens is 1. The average molecular weight is 237 g/mol. The number of benzene rings is 1. The maximum absolute atomic E-state index is 4.65. The fourth-order valence-corrected chi connectivity index (χ4v) is 3.17. The normalized spacial score (nSPS) is 17.3. The summed E-state index contributed by atoms with van der Waals surface area (Å²) in [5.41, 5.74) is 5.61. The van der Waals surface area contributed by atoms with E-state index in [2.05, 4.69) is 56.9 Å². The molecule has 3 rings (SSSR count). The molecule has 0 aliphatic heterocycles. The summed E-state index contributed by atoms with van der Waals surface area (Å²) in [6.45, 7) is 9.13. The molecule has 0 saturated heterocycles. The first kappa shape index (κ1) is 11.5. The van der Waals surface area contributed by atoms with Gasteiger partial charge in [-0.2, -0.15) is 0 Å². The maximum Gasteiger partial charge on any atom is 0.0742 e. The van der Waals surface area contributed by atoms with Crippen LogP contribution < -0.4 is 0 Å². The van der Waals surface area contributed by atoms with Crippen molar-refractivity contribution in [1.82, 2.24) is 4.98 Å². The van der Waals surface area contributed by atoms with E-state index in [4.69, 9.17) is 0 Å². The molecule has 0 spiro atoms. The van der Waals surface area contributed by atoms with Crippen LogP contribution in [0, 0.1) is 0 Å². The Bertz CT molecular complexity index is 657. The van der Waals surface area contributed by atoms with E-state index in [1.807, 2.05) is 6.20 Å². The zero-order chi connectivity index (χ0) is 12.9. The summed E-state index contributed by atoms with van der Waals surface area (Å²) in [6.07, 6.45) is 2.98. The first-order chi connectivity index (χ1) is 8.57. The summed E-state index contributed by atoms with van der Waals surface area (Å²) in [6, 6.07) is 8.72. The summed E-state index contributed by atoms with van der Waals surface area (Å²) in [7, 11) is 0.